The summed E-state index contributed by atoms with van der Waals surface area (Å²) in [7, 11) is -2.88. The first kappa shape index (κ1) is 48.1. The Hall–Kier alpha value is -1.97. The smallest absolute Gasteiger partial charge is 1.00 e. The molecule has 0 radical (unpaired) electrons. The molecular weight excluding hydrogens is 747 g/mol. The third-order valence-corrected chi connectivity index (χ3v) is 15.2. The van der Waals surface area contributed by atoms with Crippen molar-refractivity contribution in [3.63, 3.8) is 0 Å². The minimum Gasteiger partial charge on any atom is -1.00 e. The summed E-state index contributed by atoms with van der Waals surface area (Å²) in [5, 5.41) is 6.00. The molecule has 0 saturated carbocycles. The zero-order valence-electron chi connectivity index (χ0n) is 33.4. The maximum absolute atomic E-state index is 2.88. The summed E-state index contributed by atoms with van der Waals surface area (Å²) in [5.74, 6) is 2.64. The Kier molecular flexibility index (Phi) is 18.6. The fourth-order valence-electron chi connectivity index (χ4n) is 7.17. The number of halogens is 3. The van der Waals surface area contributed by atoms with Crippen LogP contribution in [0.2, 0.25) is 0 Å². The summed E-state index contributed by atoms with van der Waals surface area (Å²) >= 11 is 0. The largest absolute Gasteiger partial charge is 4.00 e. The van der Waals surface area contributed by atoms with Crippen molar-refractivity contribution in [3.8, 4) is 11.1 Å². The van der Waals surface area contributed by atoms with E-state index in [9.17, 15) is 0 Å². The molecule has 0 atom stereocenters. The Morgan fingerprint density at radius 2 is 0.673 bits per heavy atom. The fraction of sp³-hybridized carbons (Fsp3) is 0.383. The first-order chi connectivity index (χ1) is 22.7. The van der Waals surface area contributed by atoms with Gasteiger partial charge >= 0.3 is 21.7 Å². The maximum Gasteiger partial charge on any atom is 4.00 e. The predicted molar refractivity (Wildman–Crippen MR) is 216 cm³/mol. The molecule has 0 aliphatic heterocycles. The van der Waals surface area contributed by atoms with E-state index in [1.165, 1.54) is 65.3 Å². The predicted octanol–water partition coefficient (Wildman–Crippen LogP) is 2.20. The van der Waals surface area contributed by atoms with Crippen LogP contribution in [0.5, 0.6) is 0 Å². The van der Waals surface area contributed by atoms with Crippen molar-refractivity contribution in [2.75, 3.05) is 0 Å². The van der Waals surface area contributed by atoms with Crippen LogP contribution in [0.3, 0.4) is 0 Å². The Morgan fingerprint density at radius 1 is 0.385 bits per heavy atom. The molecule has 0 saturated heterocycles. The molecule has 0 fully saturated rings. The van der Waals surface area contributed by atoms with Gasteiger partial charge in [-0.15, -0.1) is 5.19 Å². The average molecular weight is 806 g/mol. The third kappa shape index (κ3) is 10.0. The second-order valence-electron chi connectivity index (χ2n) is 16.1. The second-order valence-corrected chi connectivity index (χ2v) is 19.9. The number of rotatable bonds is 11. The molecule has 52 heavy (non-hydrogen) atoms. The van der Waals surface area contributed by atoms with Crippen molar-refractivity contribution in [1.29, 1.82) is 0 Å². The van der Waals surface area contributed by atoms with Crippen LogP contribution in [0.4, 0.5) is 0 Å². The fourth-order valence-corrected chi connectivity index (χ4v) is 12.2. The molecule has 0 amide bonds. The van der Waals surface area contributed by atoms with Crippen LogP contribution in [0, 0.1) is 0 Å². The zero-order valence-corrected chi connectivity index (χ0v) is 38.2. The first-order valence-electron chi connectivity index (χ1n) is 18.5. The number of benzene rings is 4. The first-order valence-corrected chi connectivity index (χ1v) is 20.5. The van der Waals surface area contributed by atoms with Gasteiger partial charge in [0.25, 0.3) is 0 Å². The standard InChI is InChI=1S/C47H59Si.3ClH.Ti/c1-30(2)38-20-39(31(3)4)25-45(24-38)48(44-19-18-37(23-44)36-16-14-13-15-17-36,46-26-40(32(5)6)21-41(27-46)33(7)8)47-28-42(34(9)10)22-43(29-47)35(11)12;;;;/h13-35H,1-12H3;3*1H;/q-1;;;;+4/p-3. The maximum atomic E-state index is 2.60. The summed E-state index contributed by atoms with van der Waals surface area (Å²) < 4.78 is 0. The Balaban J connectivity index is 0.00000338. The van der Waals surface area contributed by atoms with Crippen molar-refractivity contribution in [2.24, 2.45) is 0 Å². The van der Waals surface area contributed by atoms with Gasteiger partial charge in [-0.3, -0.25) is 0 Å². The van der Waals surface area contributed by atoms with Crippen LogP contribution in [-0.2, 0) is 21.7 Å². The SMILES string of the molecule is CC(C)c1cc(C(C)C)cc([Si](c2cc(C(C)C)cc(C(C)C)c2)(c2cc(C(C)C)cc(C(C)C)c2)[c-]2ccc(-c3ccccc3)c2)c1.[Cl-].[Cl-].[Cl-].[Ti+4]. The van der Waals surface area contributed by atoms with E-state index in [-0.39, 0.29) is 58.9 Å². The zero-order chi connectivity index (χ0) is 34.9. The molecule has 0 spiro atoms. The molecule has 0 aliphatic carbocycles. The molecule has 0 aromatic heterocycles. The van der Waals surface area contributed by atoms with Crippen LogP contribution in [-0.4, -0.2) is 8.07 Å². The molecule has 0 heterocycles. The van der Waals surface area contributed by atoms with E-state index in [1.54, 1.807) is 0 Å². The van der Waals surface area contributed by atoms with Gasteiger partial charge in [-0.1, -0.05) is 189 Å². The van der Waals surface area contributed by atoms with E-state index in [4.69, 9.17) is 0 Å². The molecule has 0 bridgehead atoms. The normalized spacial score (nSPS) is 11.5. The van der Waals surface area contributed by atoms with E-state index < -0.39 is 8.07 Å². The molecule has 0 nitrogen and oxygen atoms in total. The van der Waals surface area contributed by atoms with Gasteiger partial charge in [0, 0.05) is 0 Å². The third-order valence-electron chi connectivity index (χ3n) is 10.5. The average Bonchev–Trinajstić information content (AvgIpc) is 3.55. The van der Waals surface area contributed by atoms with Crippen molar-refractivity contribution in [2.45, 2.75) is 119 Å². The van der Waals surface area contributed by atoms with E-state index >= 15 is 0 Å². The van der Waals surface area contributed by atoms with Gasteiger partial charge in [-0.2, -0.15) is 17.7 Å². The monoisotopic (exact) mass is 804 g/mol. The summed E-state index contributed by atoms with van der Waals surface area (Å²) in [6, 6.07) is 41.4. The van der Waals surface area contributed by atoms with Gasteiger partial charge in [0.05, 0.1) is 0 Å². The van der Waals surface area contributed by atoms with Gasteiger partial charge in [-0.05, 0) is 68.9 Å². The number of hydrogen-bond donors (Lipinski definition) is 0. The summed E-state index contributed by atoms with van der Waals surface area (Å²) in [5.41, 5.74) is 11.2. The van der Waals surface area contributed by atoms with Crippen LogP contribution < -0.4 is 58.0 Å². The van der Waals surface area contributed by atoms with Gasteiger partial charge in [0.15, 0.2) is 0 Å². The summed E-state index contributed by atoms with van der Waals surface area (Å²) in [4.78, 5) is 0. The van der Waals surface area contributed by atoms with Crippen molar-refractivity contribution >= 4 is 28.8 Å². The van der Waals surface area contributed by atoms with Crippen LogP contribution in [0.25, 0.3) is 11.1 Å². The molecule has 5 aromatic rings. The van der Waals surface area contributed by atoms with Crippen LogP contribution in [0.15, 0.2) is 103 Å². The molecule has 5 aromatic carbocycles. The molecule has 0 aliphatic rings. The Bertz CT molecular complexity index is 1620. The van der Waals surface area contributed by atoms with Crippen molar-refractivity contribution in [1.82, 2.24) is 0 Å². The van der Waals surface area contributed by atoms with E-state index in [0.29, 0.717) is 35.5 Å². The molecule has 276 valence electrons. The van der Waals surface area contributed by atoms with Crippen molar-refractivity contribution < 1.29 is 58.9 Å². The minimum absolute atomic E-state index is 0. The Labute approximate surface area is 351 Å². The van der Waals surface area contributed by atoms with Gasteiger partial charge < -0.3 is 37.2 Å². The molecule has 5 rings (SSSR count). The second kappa shape index (κ2) is 20.1. The summed E-state index contributed by atoms with van der Waals surface area (Å²) in [6.07, 6.45) is 0. The van der Waals surface area contributed by atoms with Gasteiger partial charge in [0.1, 0.15) is 8.07 Å². The number of hydrogen-bond acceptors (Lipinski definition) is 0. The minimum atomic E-state index is -2.88. The van der Waals surface area contributed by atoms with E-state index in [2.05, 4.69) is 186 Å². The summed E-state index contributed by atoms with van der Waals surface area (Å²) in [6.45, 7) is 28.3. The Morgan fingerprint density at radius 3 is 0.942 bits per heavy atom. The van der Waals surface area contributed by atoms with Crippen molar-refractivity contribution in [3.05, 3.63) is 137 Å². The van der Waals surface area contributed by atoms with Gasteiger partial charge in [0.2, 0.25) is 0 Å². The topological polar surface area (TPSA) is 0 Å². The van der Waals surface area contributed by atoms with E-state index in [1.807, 2.05) is 0 Å². The van der Waals surface area contributed by atoms with Gasteiger partial charge in [-0.25, -0.2) is 6.07 Å². The quantitative estimate of drug-likeness (QED) is 0.109. The van der Waals surface area contributed by atoms with E-state index in [0.717, 1.165) is 0 Å². The van der Waals surface area contributed by atoms with Crippen LogP contribution in [0.1, 0.15) is 152 Å². The molecular formula is C47H59Cl3SiTi. The molecule has 0 N–H and O–H groups in total. The molecule has 0 unspecified atom stereocenters. The molecule has 5 heteroatoms. The van der Waals surface area contributed by atoms with Crippen LogP contribution >= 0.6 is 0 Å².